The molecule has 1 amide bonds. The third kappa shape index (κ3) is 4.08. The summed E-state index contributed by atoms with van der Waals surface area (Å²) in [4.78, 5) is 14.1. The highest BCUT2D eigenvalue weighted by atomic mass is 16.1. The van der Waals surface area contributed by atoms with Crippen LogP contribution in [0.1, 0.15) is 11.1 Å². The van der Waals surface area contributed by atoms with Crippen molar-refractivity contribution in [2.45, 2.75) is 13.5 Å². The van der Waals surface area contributed by atoms with E-state index >= 15 is 0 Å². The molecular formula is C16H23N5O. The predicted octanol–water partition coefficient (Wildman–Crippen LogP) is 0.632. The number of anilines is 1. The number of nitrogens with zero attached hydrogens (tertiary/aromatic N) is 1. The van der Waals surface area contributed by atoms with Crippen molar-refractivity contribution in [3.05, 3.63) is 41.1 Å². The Balaban J connectivity index is 1.97. The quantitative estimate of drug-likeness (QED) is 0.364. The van der Waals surface area contributed by atoms with Gasteiger partial charge in [0.05, 0.1) is 5.70 Å². The molecule has 0 saturated carbocycles. The molecule has 1 fully saturated rings. The summed E-state index contributed by atoms with van der Waals surface area (Å²) in [7, 11) is 0. The fraction of sp³-hybridized carbons (Fsp3) is 0.375. The second kappa shape index (κ2) is 7.61. The lowest BCUT2D eigenvalue weighted by Gasteiger charge is -2.29. The number of nitrogen functional groups attached to an aromatic ring is 1. The summed E-state index contributed by atoms with van der Waals surface area (Å²) in [6.07, 6.45) is 2.72. The van der Waals surface area contributed by atoms with Crippen molar-refractivity contribution in [2.24, 2.45) is 0 Å². The summed E-state index contributed by atoms with van der Waals surface area (Å²) in [5.41, 5.74) is 9.21. The lowest BCUT2D eigenvalue weighted by molar-refractivity contribution is -0.116. The lowest BCUT2D eigenvalue weighted by Crippen LogP contribution is -2.43. The van der Waals surface area contributed by atoms with E-state index < -0.39 is 0 Å². The summed E-state index contributed by atoms with van der Waals surface area (Å²) < 4.78 is 0. The second-order valence-corrected chi connectivity index (χ2v) is 5.30. The van der Waals surface area contributed by atoms with E-state index in [0.717, 1.165) is 43.0 Å². The van der Waals surface area contributed by atoms with Gasteiger partial charge in [-0.05, 0) is 24.1 Å². The number of hydrogen-bond donors (Lipinski definition) is 4. The Labute approximate surface area is 130 Å². The van der Waals surface area contributed by atoms with Crippen LogP contribution >= 0.6 is 0 Å². The van der Waals surface area contributed by atoms with Gasteiger partial charge in [-0.2, -0.15) is 0 Å². The van der Waals surface area contributed by atoms with Crippen LogP contribution in [-0.4, -0.2) is 43.2 Å². The van der Waals surface area contributed by atoms with E-state index in [-0.39, 0.29) is 5.91 Å². The Morgan fingerprint density at radius 1 is 1.45 bits per heavy atom. The number of allylic oxidation sites excluding steroid dienone is 1. The highest BCUT2D eigenvalue weighted by Crippen LogP contribution is 2.15. The molecule has 2 rings (SSSR count). The topological polar surface area (TPSA) is 94.2 Å². The Kier molecular flexibility index (Phi) is 5.55. The molecule has 1 aromatic carbocycles. The molecule has 0 atom stereocenters. The molecule has 0 bridgehead atoms. The van der Waals surface area contributed by atoms with Crippen molar-refractivity contribution in [3.8, 4) is 0 Å². The van der Waals surface area contributed by atoms with E-state index in [0.29, 0.717) is 12.2 Å². The fourth-order valence-corrected chi connectivity index (χ4v) is 2.41. The Hall–Kier alpha value is -2.34. The number of piperazine rings is 1. The van der Waals surface area contributed by atoms with Crippen LogP contribution in [0.3, 0.4) is 0 Å². The van der Waals surface area contributed by atoms with Gasteiger partial charge in [0.15, 0.2) is 0 Å². The van der Waals surface area contributed by atoms with Crippen molar-refractivity contribution < 1.29 is 4.79 Å². The van der Waals surface area contributed by atoms with Crippen molar-refractivity contribution in [1.82, 2.24) is 15.5 Å². The van der Waals surface area contributed by atoms with Crippen LogP contribution in [0.15, 0.2) is 30.0 Å². The van der Waals surface area contributed by atoms with Crippen molar-refractivity contribution >= 4 is 17.8 Å². The molecule has 1 aliphatic rings. The van der Waals surface area contributed by atoms with Crippen LogP contribution in [0.5, 0.6) is 0 Å². The maximum atomic E-state index is 12.1. The number of nitrogens with one attached hydrogen (secondary N) is 3. The maximum Gasteiger partial charge on any atom is 0.246 e. The summed E-state index contributed by atoms with van der Waals surface area (Å²) in [6.45, 7) is 5.73. The Bertz CT molecular complexity index is 576. The van der Waals surface area contributed by atoms with E-state index in [1.807, 2.05) is 30.0 Å². The number of carbonyl (C=O) groups excluding carboxylic acids is 1. The van der Waals surface area contributed by atoms with E-state index in [2.05, 4.69) is 10.6 Å². The molecule has 0 spiro atoms. The molecule has 0 aromatic heterocycles. The standard InChI is InChI=1S/C16H23N5O/c1-12-13(3-2-4-15(12)18)11-20-16(22)9-14(10-17)21-7-5-19-6-8-21/h2-4,9-10,17,19H,5-8,11,18H2,1H3,(H,20,22)/b14-9+,17-10?. The van der Waals surface area contributed by atoms with Gasteiger partial charge in [0, 0.05) is 50.7 Å². The van der Waals surface area contributed by atoms with Crippen molar-refractivity contribution in [1.29, 1.82) is 5.41 Å². The highest BCUT2D eigenvalue weighted by Gasteiger charge is 2.12. The minimum atomic E-state index is -0.196. The van der Waals surface area contributed by atoms with Gasteiger partial charge >= 0.3 is 0 Å². The zero-order valence-electron chi connectivity index (χ0n) is 12.9. The summed E-state index contributed by atoms with van der Waals surface area (Å²) in [6, 6.07) is 5.67. The Morgan fingerprint density at radius 2 is 2.18 bits per heavy atom. The number of amides is 1. The van der Waals surface area contributed by atoms with E-state index in [1.165, 1.54) is 12.3 Å². The molecule has 6 nitrogen and oxygen atoms in total. The molecule has 1 aliphatic heterocycles. The van der Waals surface area contributed by atoms with Gasteiger partial charge in [0.1, 0.15) is 0 Å². The van der Waals surface area contributed by atoms with Crippen LogP contribution in [0.25, 0.3) is 0 Å². The smallest absolute Gasteiger partial charge is 0.246 e. The van der Waals surface area contributed by atoms with Gasteiger partial charge < -0.3 is 26.7 Å². The zero-order chi connectivity index (χ0) is 15.9. The van der Waals surface area contributed by atoms with E-state index in [9.17, 15) is 4.79 Å². The van der Waals surface area contributed by atoms with E-state index in [1.54, 1.807) is 0 Å². The van der Waals surface area contributed by atoms with Gasteiger partial charge in [0.25, 0.3) is 0 Å². The maximum absolute atomic E-state index is 12.1. The molecule has 118 valence electrons. The lowest BCUT2D eigenvalue weighted by atomic mass is 10.1. The van der Waals surface area contributed by atoms with Crippen LogP contribution in [-0.2, 0) is 11.3 Å². The predicted molar refractivity (Wildman–Crippen MR) is 88.7 cm³/mol. The molecule has 0 aliphatic carbocycles. The number of carbonyl (C=O) groups is 1. The second-order valence-electron chi connectivity index (χ2n) is 5.30. The minimum Gasteiger partial charge on any atom is -0.399 e. The third-order valence-corrected chi connectivity index (χ3v) is 3.85. The molecule has 22 heavy (non-hydrogen) atoms. The molecule has 0 unspecified atom stereocenters. The molecular weight excluding hydrogens is 278 g/mol. The molecule has 1 aromatic rings. The zero-order valence-corrected chi connectivity index (χ0v) is 12.9. The van der Waals surface area contributed by atoms with Gasteiger partial charge in [-0.15, -0.1) is 0 Å². The average Bonchev–Trinajstić information content (AvgIpc) is 2.55. The van der Waals surface area contributed by atoms with Gasteiger partial charge in [0.2, 0.25) is 5.91 Å². The molecule has 6 heteroatoms. The van der Waals surface area contributed by atoms with Crippen LogP contribution in [0.2, 0.25) is 0 Å². The molecule has 0 radical (unpaired) electrons. The number of rotatable bonds is 5. The number of benzene rings is 1. The van der Waals surface area contributed by atoms with Crippen LogP contribution in [0, 0.1) is 12.3 Å². The minimum absolute atomic E-state index is 0.196. The average molecular weight is 301 g/mol. The fourth-order valence-electron chi connectivity index (χ4n) is 2.41. The van der Waals surface area contributed by atoms with Crippen LogP contribution < -0.4 is 16.4 Å². The van der Waals surface area contributed by atoms with Gasteiger partial charge in [-0.3, -0.25) is 4.79 Å². The SMILES string of the molecule is Cc1c(N)cccc1CNC(=O)/C=C(\C=N)N1CCNCC1. The molecule has 5 N–H and O–H groups in total. The third-order valence-electron chi connectivity index (χ3n) is 3.85. The molecule has 1 heterocycles. The molecule has 1 saturated heterocycles. The first-order chi connectivity index (χ1) is 10.6. The highest BCUT2D eigenvalue weighted by molar-refractivity contribution is 5.93. The monoisotopic (exact) mass is 301 g/mol. The number of hydrogen-bond acceptors (Lipinski definition) is 5. The largest absolute Gasteiger partial charge is 0.399 e. The Morgan fingerprint density at radius 3 is 2.86 bits per heavy atom. The first-order valence-electron chi connectivity index (χ1n) is 7.41. The normalized spacial score (nSPS) is 15.5. The van der Waals surface area contributed by atoms with Gasteiger partial charge in [-0.1, -0.05) is 12.1 Å². The summed E-state index contributed by atoms with van der Waals surface area (Å²) in [5.74, 6) is -0.196. The summed E-state index contributed by atoms with van der Waals surface area (Å²) >= 11 is 0. The van der Waals surface area contributed by atoms with Crippen molar-refractivity contribution in [3.63, 3.8) is 0 Å². The van der Waals surface area contributed by atoms with Gasteiger partial charge in [-0.25, -0.2) is 0 Å². The first-order valence-corrected chi connectivity index (χ1v) is 7.41. The number of nitrogens with two attached hydrogens (primary N) is 1. The van der Waals surface area contributed by atoms with Crippen LogP contribution in [0.4, 0.5) is 5.69 Å². The van der Waals surface area contributed by atoms with E-state index in [4.69, 9.17) is 11.1 Å². The van der Waals surface area contributed by atoms with Crippen molar-refractivity contribution in [2.75, 3.05) is 31.9 Å². The summed E-state index contributed by atoms with van der Waals surface area (Å²) in [5, 5.41) is 13.6. The first kappa shape index (κ1) is 16.0.